The van der Waals surface area contributed by atoms with Crippen LogP contribution in [0.1, 0.15) is 33.6 Å². The molecule has 1 fully saturated rings. The fourth-order valence-corrected chi connectivity index (χ4v) is 3.31. The predicted octanol–water partition coefficient (Wildman–Crippen LogP) is 3.71. The van der Waals surface area contributed by atoms with Crippen LogP contribution in [0.15, 0.2) is 73.1 Å². The Balaban J connectivity index is 1.46. The number of rotatable bonds is 5. The summed E-state index contributed by atoms with van der Waals surface area (Å²) in [5.74, 6) is -0.501. The van der Waals surface area contributed by atoms with Crippen LogP contribution in [0.3, 0.4) is 0 Å². The van der Waals surface area contributed by atoms with Gasteiger partial charge in [0.2, 0.25) is 5.91 Å². The molecule has 0 aliphatic carbocycles. The van der Waals surface area contributed by atoms with Crippen LogP contribution in [-0.2, 0) is 4.79 Å². The SMILES string of the molecule is O=C(Nc1cccc(NC(=O)c2cccc(N3CCCC3=O)c2)c1)c1cccnc1. The molecule has 0 radical (unpaired) electrons. The topological polar surface area (TPSA) is 91.4 Å². The van der Waals surface area contributed by atoms with Crippen LogP contribution >= 0.6 is 0 Å². The van der Waals surface area contributed by atoms with E-state index in [2.05, 4.69) is 15.6 Å². The third-order valence-corrected chi connectivity index (χ3v) is 4.80. The van der Waals surface area contributed by atoms with Gasteiger partial charge in [0.15, 0.2) is 0 Å². The molecular weight excluding hydrogens is 380 g/mol. The molecule has 1 saturated heterocycles. The van der Waals surface area contributed by atoms with Crippen LogP contribution in [-0.4, -0.2) is 29.3 Å². The number of nitrogens with zero attached hydrogens (tertiary/aromatic N) is 2. The summed E-state index contributed by atoms with van der Waals surface area (Å²) in [6.07, 6.45) is 4.45. The molecule has 0 spiro atoms. The highest BCUT2D eigenvalue weighted by atomic mass is 16.2. The number of pyridine rings is 1. The highest BCUT2D eigenvalue weighted by Crippen LogP contribution is 2.23. The van der Waals surface area contributed by atoms with E-state index in [-0.39, 0.29) is 17.7 Å². The van der Waals surface area contributed by atoms with Crippen molar-refractivity contribution in [2.24, 2.45) is 0 Å². The van der Waals surface area contributed by atoms with Crippen LogP contribution in [0.4, 0.5) is 17.1 Å². The van der Waals surface area contributed by atoms with E-state index in [1.165, 1.54) is 6.20 Å². The summed E-state index contributed by atoms with van der Waals surface area (Å²) in [6, 6.07) is 17.3. The normalized spacial score (nSPS) is 13.2. The van der Waals surface area contributed by atoms with Crippen LogP contribution < -0.4 is 15.5 Å². The number of hydrogen-bond donors (Lipinski definition) is 2. The van der Waals surface area contributed by atoms with Gasteiger partial charge in [0.25, 0.3) is 11.8 Å². The van der Waals surface area contributed by atoms with Gasteiger partial charge in [-0.15, -0.1) is 0 Å². The summed E-state index contributed by atoms with van der Waals surface area (Å²) in [7, 11) is 0. The smallest absolute Gasteiger partial charge is 0.257 e. The largest absolute Gasteiger partial charge is 0.322 e. The van der Waals surface area contributed by atoms with Crippen LogP contribution in [0.25, 0.3) is 0 Å². The molecule has 3 amide bonds. The molecule has 150 valence electrons. The third kappa shape index (κ3) is 4.35. The molecular formula is C23H20N4O3. The van der Waals surface area contributed by atoms with E-state index in [1.807, 2.05) is 6.07 Å². The van der Waals surface area contributed by atoms with Gasteiger partial charge in [-0.1, -0.05) is 12.1 Å². The number of benzene rings is 2. The summed E-state index contributed by atoms with van der Waals surface area (Å²) < 4.78 is 0. The molecule has 0 atom stereocenters. The number of aromatic nitrogens is 1. The van der Waals surface area contributed by atoms with Crippen LogP contribution in [0.2, 0.25) is 0 Å². The zero-order valence-electron chi connectivity index (χ0n) is 16.2. The van der Waals surface area contributed by atoms with Gasteiger partial charge in [-0.2, -0.15) is 0 Å². The number of anilines is 3. The number of carbonyl (C=O) groups is 3. The molecule has 1 aliphatic rings. The first-order chi connectivity index (χ1) is 14.6. The van der Waals surface area contributed by atoms with E-state index in [1.54, 1.807) is 65.7 Å². The fourth-order valence-electron chi connectivity index (χ4n) is 3.31. The molecule has 0 unspecified atom stereocenters. The fraction of sp³-hybridized carbons (Fsp3) is 0.130. The first kappa shape index (κ1) is 19.3. The third-order valence-electron chi connectivity index (χ3n) is 4.80. The molecule has 3 aromatic rings. The van der Waals surface area contributed by atoms with Gasteiger partial charge in [-0.05, 0) is 55.0 Å². The van der Waals surface area contributed by atoms with Crippen molar-refractivity contribution >= 4 is 34.8 Å². The Bertz CT molecular complexity index is 1100. The average Bonchev–Trinajstić information content (AvgIpc) is 3.20. The van der Waals surface area contributed by atoms with E-state index in [0.717, 1.165) is 12.1 Å². The van der Waals surface area contributed by atoms with E-state index >= 15 is 0 Å². The number of carbonyl (C=O) groups excluding carboxylic acids is 3. The van der Waals surface area contributed by atoms with Crippen LogP contribution in [0.5, 0.6) is 0 Å². The molecule has 2 aromatic carbocycles. The van der Waals surface area contributed by atoms with Crippen molar-refractivity contribution in [3.63, 3.8) is 0 Å². The number of amides is 3. The lowest BCUT2D eigenvalue weighted by atomic mass is 10.1. The molecule has 1 aliphatic heterocycles. The van der Waals surface area contributed by atoms with Crippen molar-refractivity contribution < 1.29 is 14.4 Å². The maximum atomic E-state index is 12.7. The minimum absolute atomic E-state index is 0.0737. The van der Waals surface area contributed by atoms with Crippen molar-refractivity contribution in [3.8, 4) is 0 Å². The maximum absolute atomic E-state index is 12.7. The Hall–Kier alpha value is -4.00. The van der Waals surface area contributed by atoms with Gasteiger partial charge < -0.3 is 15.5 Å². The molecule has 2 heterocycles. The summed E-state index contributed by atoms with van der Waals surface area (Å²) in [5, 5.41) is 5.62. The quantitative estimate of drug-likeness (QED) is 0.683. The van der Waals surface area contributed by atoms with E-state index < -0.39 is 0 Å². The lowest BCUT2D eigenvalue weighted by Crippen LogP contribution is -2.24. The molecule has 0 bridgehead atoms. The Kier molecular flexibility index (Phi) is 5.52. The van der Waals surface area contributed by atoms with E-state index in [4.69, 9.17) is 0 Å². The summed E-state index contributed by atoms with van der Waals surface area (Å²) in [4.78, 5) is 42.6. The van der Waals surface area contributed by atoms with Crippen molar-refractivity contribution in [1.82, 2.24) is 4.98 Å². The van der Waals surface area contributed by atoms with Crippen molar-refractivity contribution in [3.05, 3.63) is 84.2 Å². The molecule has 2 N–H and O–H groups in total. The minimum Gasteiger partial charge on any atom is -0.322 e. The second kappa shape index (κ2) is 8.57. The van der Waals surface area contributed by atoms with Crippen molar-refractivity contribution in [2.45, 2.75) is 12.8 Å². The zero-order valence-corrected chi connectivity index (χ0v) is 16.2. The summed E-state index contributed by atoms with van der Waals surface area (Å²) >= 11 is 0. The summed E-state index contributed by atoms with van der Waals surface area (Å²) in [5.41, 5.74) is 2.73. The van der Waals surface area contributed by atoms with Crippen LogP contribution in [0, 0.1) is 0 Å². The Labute approximate surface area is 173 Å². The lowest BCUT2D eigenvalue weighted by Gasteiger charge is -2.16. The second-order valence-electron chi connectivity index (χ2n) is 6.93. The highest BCUT2D eigenvalue weighted by molar-refractivity contribution is 6.07. The van der Waals surface area contributed by atoms with Gasteiger partial charge in [0, 0.05) is 48.0 Å². The first-order valence-corrected chi connectivity index (χ1v) is 9.63. The Morgan fingerprint density at radius 2 is 1.57 bits per heavy atom. The number of hydrogen-bond acceptors (Lipinski definition) is 4. The monoisotopic (exact) mass is 400 g/mol. The van der Waals surface area contributed by atoms with Crippen molar-refractivity contribution in [1.29, 1.82) is 0 Å². The van der Waals surface area contributed by atoms with E-state index in [0.29, 0.717) is 35.5 Å². The first-order valence-electron chi connectivity index (χ1n) is 9.63. The van der Waals surface area contributed by atoms with Gasteiger partial charge in [0.1, 0.15) is 0 Å². The molecule has 0 saturated carbocycles. The minimum atomic E-state index is -0.292. The van der Waals surface area contributed by atoms with Gasteiger partial charge in [-0.3, -0.25) is 19.4 Å². The van der Waals surface area contributed by atoms with Gasteiger partial charge in [0.05, 0.1) is 5.56 Å². The maximum Gasteiger partial charge on any atom is 0.257 e. The summed E-state index contributed by atoms with van der Waals surface area (Å²) in [6.45, 7) is 0.669. The highest BCUT2D eigenvalue weighted by Gasteiger charge is 2.22. The number of nitrogens with one attached hydrogen (secondary N) is 2. The average molecular weight is 400 g/mol. The zero-order chi connectivity index (χ0) is 20.9. The Morgan fingerprint density at radius 1 is 0.867 bits per heavy atom. The molecule has 30 heavy (non-hydrogen) atoms. The van der Waals surface area contributed by atoms with Crippen molar-refractivity contribution in [2.75, 3.05) is 22.1 Å². The van der Waals surface area contributed by atoms with E-state index in [9.17, 15) is 14.4 Å². The molecule has 7 heteroatoms. The lowest BCUT2D eigenvalue weighted by molar-refractivity contribution is -0.117. The molecule has 4 rings (SSSR count). The second-order valence-corrected chi connectivity index (χ2v) is 6.93. The predicted molar refractivity (Wildman–Crippen MR) is 115 cm³/mol. The standard InChI is InChI=1S/C23H20N4O3/c28-21-10-4-12-27(21)20-9-1-5-16(13-20)22(29)25-18-7-2-8-19(14-18)26-23(30)17-6-3-11-24-15-17/h1-3,5-9,11,13-15H,4,10,12H2,(H,25,29)(H,26,30). The van der Waals surface area contributed by atoms with Gasteiger partial charge >= 0.3 is 0 Å². The van der Waals surface area contributed by atoms with Gasteiger partial charge in [-0.25, -0.2) is 0 Å². The Morgan fingerprint density at radius 3 is 2.23 bits per heavy atom. The molecule has 1 aromatic heterocycles. The molecule has 7 nitrogen and oxygen atoms in total.